The van der Waals surface area contributed by atoms with Gasteiger partial charge in [0.25, 0.3) is 11.8 Å². The number of benzene rings is 4. The highest BCUT2D eigenvalue weighted by Crippen LogP contribution is 2.36. The minimum absolute atomic E-state index is 0.0496. The molecule has 1 unspecified atom stereocenters. The Morgan fingerprint density at radius 1 is 0.605 bits per heavy atom. The molecular weight excluding hydrogens is 554 g/mol. The molecular formula is C33H25NO9. The first-order chi connectivity index (χ1) is 20.7. The molecule has 1 heterocycles. The average Bonchev–Trinajstić information content (AvgIpc) is 3.24. The molecule has 10 nitrogen and oxygen atoms in total. The molecule has 0 spiro atoms. The van der Waals surface area contributed by atoms with Crippen LogP contribution < -0.4 is 9.47 Å². The number of nitrogens with zero attached hydrogens (tertiary/aromatic N) is 1. The van der Waals surface area contributed by atoms with E-state index in [4.69, 9.17) is 19.0 Å². The summed E-state index contributed by atoms with van der Waals surface area (Å²) in [5, 5.41) is 0.502. The van der Waals surface area contributed by atoms with Crippen LogP contribution in [0.4, 0.5) is 0 Å². The van der Waals surface area contributed by atoms with Crippen LogP contribution in [0.15, 0.2) is 103 Å². The number of rotatable bonds is 9. The van der Waals surface area contributed by atoms with Gasteiger partial charge in [-0.3, -0.25) is 19.2 Å². The molecule has 0 saturated heterocycles. The van der Waals surface area contributed by atoms with Gasteiger partial charge in [-0.15, -0.1) is 5.06 Å². The highest BCUT2D eigenvalue weighted by atomic mass is 16.7. The fraction of sp³-hybridized carbons (Fsp3) is 0.121. The molecule has 5 rings (SSSR count). The van der Waals surface area contributed by atoms with Gasteiger partial charge < -0.3 is 14.2 Å². The van der Waals surface area contributed by atoms with Gasteiger partial charge in [-0.2, -0.15) is 0 Å². The van der Waals surface area contributed by atoms with Crippen LogP contribution in [-0.2, 0) is 24.0 Å². The van der Waals surface area contributed by atoms with Gasteiger partial charge in [0.15, 0.2) is 17.6 Å². The molecule has 4 aromatic rings. The molecule has 1 aliphatic rings. The van der Waals surface area contributed by atoms with Crippen molar-refractivity contribution in [3.63, 3.8) is 0 Å². The quantitative estimate of drug-likeness (QED) is 0.151. The van der Waals surface area contributed by atoms with Gasteiger partial charge in [0.1, 0.15) is 0 Å². The van der Waals surface area contributed by atoms with Crippen LogP contribution in [0, 0.1) is 0 Å². The molecule has 0 aliphatic carbocycles. The lowest BCUT2D eigenvalue weighted by Crippen LogP contribution is -2.35. The van der Waals surface area contributed by atoms with Crippen molar-refractivity contribution in [2.24, 2.45) is 0 Å². The van der Waals surface area contributed by atoms with Gasteiger partial charge in [-0.1, -0.05) is 78.9 Å². The second-order valence-corrected chi connectivity index (χ2v) is 9.47. The maximum atomic E-state index is 14.0. The van der Waals surface area contributed by atoms with E-state index in [0.717, 1.165) is 6.92 Å². The fourth-order valence-electron chi connectivity index (χ4n) is 4.53. The van der Waals surface area contributed by atoms with Crippen LogP contribution >= 0.6 is 0 Å². The van der Waals surface area contributed by atoms with Crippen molar-refractivity contribution in [1.29, 1.82) is 0 Å². The average molecular weight is 580 g/mol. The van der Waals surface area contributed by atoms with Gasteiger partial charge >= 0.3 is 17.9 Å². The van der Waals surface area contributed by atoms with E-state index >= 15 is 0 Å². The smallest absolute Gasteiger partial charge is 0.343 e. The molecule has 1 aliphatic heterocycles. The van der Waals surface area contributed by atoms with Crippen LogP contribution in [-0.4, -0.2) is 34.8 Å². The predicted octanol–water partition coefficient (Wildman–Crippen LogP) is 5.14. The maximum Gasteiger partial charge on any atom is 0.343 e. The number of amides is 2. The van der Waals surface area contributed by atoms with Gasteiger partial charge in [0.2, 0.25) is 6.10 Å². The van der Waals surface area contributed by atoms with Gasteiger partial charge in [0, 0.05) is 13.8 Å². The van der Waals surface area contributed by atoms with Crippen LogP contribution in [0.2, 0.25) is 0 Å². The largest absolute Gasteiger partial charge is 0.450 e. The van der Waals surface area contributed by atoms with E-state index in [2.05, 4.69) is 0 Å². The molecule has 10 heteroatoms. The summed E-state index contributed by atoms with van der Waals surface area (Å²) in [5.74, 6) is -4.16. The van der Waals surface area contributed by atoms with Crippen LogP contribution in [0.5, 0.6) is 11.5 Å². The molecule has 216 valence electrons. The summed E-state index contributed by atoms with van der Waals surface area (Å²) < 4.78 is 16.4. The number of imide groups is 1. The standard InChI is InChI=1S/C33H25NO9/c1-20(35)40-27-18-17-24(19-28(27)41-21(2)36)30(43-34-31(37)25-15-9-10-16-26(25)32(34)38)33(39)42-29(22-11-5-3-6-12-22)23-13-7-4-8-14-23/h3-19,29-30H,1-2H3. The summed E-state index contributed by atoms with van der Waals surface area (Å²) in [5.41, 5.74) is 1.59. The van der Waals surface area contributed by atoms with E-state index < -0.39 is 41.9 Å². The molecule has 4 aromatic carbocycles. The van der Waals surface area contributed by atoms with Gasteiger partial charge in [0.05, 0.1) is 11.1 Å². The number of carbonyl (C=O) groups excluding carboxylic acids is 5. The number of carbonyl (C=O) groups is 5. The van der Waals surface area contributed by atoms with E-state index in [0.29, 0.717) is 16.2 Å². The van der Waals surface area contributed by atoms with Crippen molar-refractivity contribution in [2.75, 3.05) is 0 Å². The third-order valence-electron chi connectivity index (χ3n) is 6.40. The number of hydrogen-bond acceptors (Lipinski definition) is 9. The summed E-state index contributed by atoms with van der Waals surface area (Å²) in [6.45, 7) is 2.32. The number of hydroxylamine groups is 2. The summed E-state index contributed by atoms with van der Waals surface area (Å²) in [6.07, 6.45) is -2.57. The number of esters is 3. The van der Waals surface area contributed by atoms with Crippen molar-refractivity contribution in [3.8, 4) is 11.5 Å². The monoisotopic (exact) mass is 579 g/mol. The predicted molar refractivity (Wildman–Crippen MR) is 151 cm³/mol. The second-order valence-electron chi connectivity index (χ2n) is 9.47. The molecule has 0 aromatic heterocycles. The Labute approximate surface area is 246 Å². The van der Waals surface area contributed by atoms with Gasteiger partial charge in [-0.05, 0) is 41.0 Å². The molecule has 0 radical (unpaired) electrons. The molecule has 43 heavy (non-hydrogen) atoms. The Morgan fingerprint density at radius 2 is 1.09 bits per heavy atom. The molecule has 0 N–H and O–H groups in total. The topological polar surface area (TPSA) is 126 Å². The normalized spacial score (nSPS) is 13.0. The molecule has 0 saturated carbocycles. The van der Waals surface area contributed by atoms with E-state index in [1.807, 2.05) is 12.1 Å². The molecule has 0 fully saturated rings. The SMILES string of the molecule is CC(=O)Oc1ccc(C(ON2C(=O)c3ccccc3C2=O)C(=O)OC(c2ccccc2)c2ccccc2)cc1OC(C)=O. The highest BCUT2D eigenvalue weighted by molar-refractivity contribution is 6.20. The Balaban J connectivity index is 1.56. The van der Waals surface area contributed by atoms with E-state index in [9.17, 15) is 24.0 Å². The van der Waals surface area contributed by atoms with Crippen LogP contribution in [0.1, 0.15) is 63.5 Å². The number of hydrogen-bond donors (Lipinski definition) is 0. The number of fused-ring (bicyclic) bond motifs is 1. The molecule has 2 amide bonds. The Kier molecular flexibility index (Phi) is 8.40. The third-order valence-corrected chi connectivity index (χ3v) is 6.40. The van der Waals surface area contributed by atoms with Crippen LogP contribution in [0.25, 0.3) is 0 Å². The Bertz CT molecular complexity index is 1630. The van der Waals surface area contributed by atoms with Crippen molar-refractivity contribution < 1.29 is 43.0 Å². The van der Waals surface area contributed by atoms with E-state index in [1.54, 1.807) is 60.7 Å². The summed E-state index contributed by atoms with van der Waals surface area (Å²) in [6, 6.07) is 28.0. The molecule has 1 atom stereocenters. The second kappa shape index (κ2) is 12.5. The summed E-state index contributed by atoms with van der Waals surface area (Å²) >= 11 is 0. The lowest BCUT2D eigenvalue weighted by molar-refractivity contribution is -0.185. The maximum absolute atomic E-state index is 14.0. The van der Waals surface area contributed by atoms with Gasteiger partial charge in [-0.25, -0.2) is 9.63 Å². The Morgan fingerprint density at radius 3 is 1.60 bits per heavy atom. The fourth-order valence-corrected chi connectivity index (χ4v) is 4.53. The van der Waals surface area contributed by atoms with Crippen molar-refractivity contribution in [1.82, 2.24) is 5.06 Å². The van der Waals surface area contributed by atoms with Crippen molar-refractivity contribution >= 4 is 29.7 Å². The zero-order valence-electron chi connectivity index (χ0n) is 23.1. The van der Waals surface area contributed by atoms with Crippen molar-refractivity contribution in [3.05, 3.63) is 131 Å². The van der Waals surface area contributed by atoms with E-state index in [1.165, 1.54) is 37.3 Å². The lowest BCUT2D eigenvalue weighted by Gasteiger charge is -2.25. The van der Waals surface area contributed by atoms with E-state index in [-0.39, 0.29) is 28.2 Å². The van der Waals surface area contributed by atoms with Crippen LogP contribution in [0.3, 0.4) is 0 Å². The zero-order chi connectivity index (χ0) is 30.5. The Hall–Kier alpha value is -5.61. The first-order valence-electron chi connectivity index (χ1n) is 13.2. The first kappa shape index (κ1) is 28.9. The zero-order valence-corrected chi connectivity index (χ0v) is 23.1. The lowest BCUT2D eigenvalue weighted by atomic mass is 10.0. The summed E-state index contributed by atoms with van der Waals surface area (Å²) in [7, 11) is 0. The third kappa shape index (κ3) is 6.34. The minimum atomic E-state index is -1.70. The molecule has 0 bridgehead atoms. The highest BCUT2D eigenvalue weighted by Gasteiger charge is 2.41. The number of ether oxygens (including phenoxy) is 3. The minimum Gasteiger partial charge on any atom is -0.450 e. The van der Waals surface area contributed by atoms with Crippen molar-refractivity contribution in [2.45, 2.75) is 26.1 Å². The summed E-state index contributed by atoms with van der Waals surface area (Å²) in [4.78, 5) is 69.6. The first-order valence-corrected chi connectivity index (χ1v) is 13.2.